The second-order valence-corrected chi connectivity index (χ2v) is 8.21. The molecule has 1 aromatic heterocycles. The fourth-order valence-electron chi connectivity index (χ4n) is 2.12. The van der Waals surface area contributed by atoms with Gasteiger partial charge in [-0.15, -0.1) is 11.3 Å². The molecular weight excluding hydrogens is 404 g/mol. The molecule has 0 aliphatic heterocycles. The minimum Gasteiger partial charge on any atom is -0.325 e. The molecule has 0 atom stereocenters. The number of carbonyl (C=O) groups excluding carboxylic acids is 1. The number of anilines is 1. The summed E-state index contributed by atoms with van der Waals surface area (Å²) < 4.78 is 1.94. The van der Waals surface area contributed by atoms with Crippen molar-refractivity contribution in [1.82, 2.24) is 4.98 Å². The van der Waals surface area contributed by atoms with Crippen LogP contribution in [0.3, 0.4) is 0 Å². The number of carbonyl (C=O) groups is 1. The van der Waals surface area contributed by atoms with Crippen molar-refractivity contribution < 1.29 is 4.79 Å². The summed E-state index contributed by atoms with van der Waals surface area (Å²) in [5, 5.41) is 4.93. The molecule has 2 aromatic carbocycles. The Labute approximate surface area is 157 Å². The highest BCUT2D eigenvalue weighted by atomic mass is 79.9. The lowest BCUT2D eigenvalue weighted by atomic mass is 10.2. The van der Waals surface area contributed by atoms with Crippen molar-refractivity contribution in [2.24, 2.45) is 0 Å². The maximum Gasteiger partial charge on any atom is 0.234 e. The van der Waals surface area contributed by atoms with E-state index in [0.717, 1.165) is 31.3 Å². The normalized spacial score (nSPS) is 10.6. The minimum absolute atomic E-state index is 0.0222. The van der Waals surface area contributed by atoms with Crippen molar-refractivity contribution in [3.63, 3.8) is 0 Å². The van der Waals surface area contributed by atoms with E-state index in [0.29, 0.717) is 5.75 Å². The number of hydrogen-bond acceptors (Lipinski definition) is 4. The Morgan fingerprint density at radius 1 is 1.25 bits per heavy atom. The summed E-state index contributed by atoms with van der Waals surface area (Å²) in [6.07, 6.45) is 0. The zero-order valence-corrected chi connectivity index (χ0v) is 16.2. The number of thioether (sulfide) groups is 1. The Bertz CT molecular complexity index is 846. The number of rotatable bonds is 5. The lowest BCUT2D eigenvalue weighted by Crippen LogP contribution is -2.13. The number of benzene rings is 2. The predicted molar refractivity (Wildman–Crippen MR) is 106 cm³/mol. The molecule has 24 heavy (non-hydrogen) atoms. The van der Waals surface area contributed by atoms with E-state index in [4.69, 9.17) is 0 Å². The van der Waals surface area contributed by atoms with Crippen molar-refractivity contribution in [3.05, 3.63) is 63.9 Å². The molecule has 1 amide bonds. The van der Waals surface area contributed by atoms with Crippen molar-refractivity contribution in [2.75, 3.05) is 11.1 Å². The first kappa shape index (κ1) is 17.2. The second-order valence-electron chi connectivity index (χ2n) is 5.21. The molecule has 0 saturated carbocycles. The summed E-state index contributed by atoms with van der Waals surface area (Å²) in [4.78, 5) is 16.6. The molecule has 0 spiro atoms. The third-order valence-corrected chi connectivity index (χ3v) is 5.80. The molecule has 0 saturated heterocycles. The van der Waals surface area contributed by atoms with Gasteiger partial charge in [-0.1, -0.05) is 52.0 Å². The molecule has 0 radical (unpaired) electrons. The van der Waals surface area contributed by atoms with E-state index >= 15 is 0 Å². The van der Waals surface area contributed by atoms with Gasteiger partial charge in [-0.3, -0.25) is 4.79 Å². The van der Waals surface area contributed by atoms with E-state index in [1.54, 1.807) is 11.3 Å². The van der Waals surface area contributed by atoms with E-state index in [1.807, 2.05) is 60.8 Å². The number of nitrogens with one attached hydrogen (secondary N) is 1. The van der Waals surface area contributed by atoms with Crippen molar-refractivity contribution in [1.29, 1.82) is 0 Å². The minimum atomic E-state index is -0.0222. The van der Waals surface area contributed by atoms with E-state index in [1.165, 1.54) is 11.8 Å². The molecule has 3 rings (SSSR count). The fraction of sp³-hybridized carbons (Fsp3) is 0.111. The molecule has 1 N–H and O–H groups in total. The molecular formula is C18H15BrN2OS2. The number of hydrogen-bond donors (Lipinski definition) is 1. The van der Waals surface area contributed by atoms with Crippen LogP contribution in [-0.4, -0.2) is 16.6 Å². The Hall–Kier alpha value is -1.63. The van der Waals surface area contributed by atoms with Crippen molar-refractivity contribution in [3.8, 4) is 11.3 Å². The van der Waals surface area contributed by atoms with Crippen LogP contribution in [0.4, 0.5) is 5.69 Å². The van der Waals surface area contributed by atoms with Crippen LogP contribution in [0.5, 0.6) is 0 Å². The maximum absolute atomic E-state index is 12.1. The second kappa shape index (κ2) is 7.96. The summed E-state index contributed by atoms with van der Waals surface area (Å²) in [6, 6.07) is 15.8. The van der Waals surface area contributed by atoms with E-state index in [2.05, 4.69) is 26.2 Å². The molecule has 122 valence electrons. The smallest absolute Gasteiger partial charge is 0.234 e. The third-order valence-electron chi connectivity index (χ3n) is 3.25. The van der Waals surface area contributed by atoms with Crippen LogP contribution < -0.4 is 5.32 Å². The standard InChI is InChI=1S/C18H15BrN2OS2/c1-12-3-2-4-15(9-12)20-17(22)11-24-18-21-16(10-23-18)13-5-7-14(19)8-6-13/h2-10H,11H2,1H3,(H,20,22). The Kier molecular flexibility index (Phi) is 5.71. The van der Waals surface area contributed by atoms with Gasteiger partial charge in [0.2, 0.25) is 5.91 Å². The fourth-order valence-corrected chi connectivity index (χ4v) is 4.02. The Morgan fingerprint density at radius 2 is 2.04 bits per heavy atom. The van der Waals surface area contributed by atoms with Gasteiger partial charge in [0, 0.05) is 21.1 Å². The van der Waals surface area contributed by atoms with Gasteiger partial charge in [0.1, 0.15) is 0 Å². The quantitative estimate of drug-likeness (QED) is 0.547. The van der Waals surface area contributed by atoms with Gasteiger partial charge in [-0.25, -0.2) is 4.98 Å². The first-order chi connectivity index (χ1) is 11.6. The number of aromatic nitrogens is 1. The average Bonchev–Trinajstić information content (AvgIpc) is 3.03. The van der Waals surface area contributed by atoms with E-state index < -0.39 is 0 Å². The Morgan fingerprint density at radius 3 is 2.79 bits per heavy atom. The largest absolute Gasteiger partial charge is 0.325 e. The van der Waals surface area contributed by atoms with Gasteiger partial charge in [0.25, 0.3) is 0 Å². The van der Waals surface area contributed by atoms with Gasteiger partial charge in [-0.2, -0.15) is 0 Å². The van der Waals surface area contributed by atoms with Crippen LogP contribution in [0, 0.1) is 6.92 Å². The average molecular weight is 419 g/mol. The van der Waals surface area contributed by atoms with Crippen LogP contribution in [-0.2, 0) is 4.79 Å². The van der Waals surface area contributed by atoms with Crippen LogP contribution in [0.1, 0.15) is 5.56 Å². The van der Waals surface area contributed by atoms with Crippen LogP contribution in [0.15, 0.2) is 62.7 Å². The van der Waals surface area contributed by atoms with E-state index in [-0.39, 0.29) is 5.91 Å². The number of thiazole rings is 1. The summed E-state index contributed by atoms with van der Waals surface area (Å²) in [5.41, 5.74) is 3.97. The van der Waals surface area contributed by atoms with Crippen molar-refractivity contribution in [2.45, 2.75) is 11.3 Å². The lowest BCUT2D eigenvalue weighted by Gasteiger charge is -2.04. The van der Waals surface area contributed by atoms with Gasteiger partial charge in [0.15, 0.2) is 4.34 Å². The first-order valence-electron chi connectivity index (χ1n) is 7.31. The summed E-state index contributed by atoms with van der Waals surface area (Å²) in [5.74, 6) is 0.326. The molecule has 0 aliphatic rings. The Balaban J connectivity index is 1.57. The third kappa shape index (κ3) is 4.69. The molecule has 6 heteroatoms. The first-order valence-corrected chi connectivity index (χ1v) is 9.97. The molecule has 3 aromatic rings. The van der Waals surface area contributed by atoms with Crippen molar-refractivity contribution >= 4 is 50.6 Å². The lowest BCUT2D eigenvalue weighted by molar-refractivity contribution is -0.113. The summed E-state index contributed by atoms with van der Waals surface area (Å²) in [6.45, 7) is 2.00. The molecule has 0 fully saturated rings. The molecule has 0 aliphatic carbocycles. The topological polar surface area (TPSA) is 42.0 Å². The zero-order chi connectivity index (χ0) is 16.9. The number of nitrogens with zero attached hydrogens (tertiary/aromatic N) is 1. The maximum atomic E-state index is 12.1. The van der Waals surface area contributed by atoms with Gasteiger partial charge < -0.3 is 5.32 Å². The summed E-state index contributed by atoms with van der Waals surface area (Å²) in [7, 11) is 0. The highest BCUT2D eigenvalue weighted by Crippen LogP contribution is 2.29. The van der Waals surface area contributed by atoms with Crippen LogP contribution >= 0.6 is 39.0 Å². The highest BCUT2D eigenvalue weighted by Gasteiger charge is 2.08. The van der Waals surface area contributed by atoms with Crippen LogP contribution in [0.25, 0.3) is 11.3 Å². The predicted octanol–water partition coefficient (Wildman–Crippen LogP) is 5.61. The zero-order valence-electron chi connectivity index (χ0n) is 13.0. The number of halogens is 1. The number of amides is 1. The number of aryl methyl sites for hydroxylation is 1. The molecule has 0 unspecified atom stereocenters. The monoisotopic (exact) mass is 418 g/mol. The van der Waals surface area contributed by atoms with Gasteiger partial charge in [0.05, 0.1) is 11.4 Å². The highest BCUT2D eigenvalue weighted by molar-refractivity contribution is 9.10. The van der Waals surface area contributed by atoms with Gasteiger partial charge >= 0.3 is 0 Å². The van der Waals surface area contributed by atoms with Gasteiger partial charge in [-0.05, 0) is 36.8 Å². The van der Waals surface area contributed by atoms with Crippen LogP contribution in [0.2, 0.25) is 0 Å². The SMILES string of the molecule is Cc1cccc(NC(=O)CSc2nc(-c3ccc(Br)cc3)cs2)c1. The molecule has 0 bridgehead atoms. The van der Waals surface area contributed by atoms with E-state index in [9.17, 15) is 4.79 Å². The summed E-state index contributed by atoms with van der Waals surface area (Å²) >= 11 is 6.45. The molecule has 1 heterocycles. The molecule has 3 nitrogen and oxygen atoms in total.